The number of methoxy groups -OCH3 is 1. The maximum Gasteiger partial charge on any atom is 0.414 e. The van der Waals surface area contributed by atoms with Gasteiger partial charge in [0.15, 0.2) is 0 Å². The first-order valence-electron chi connectivity index (χ1n) is 12.9. The molecule has 1 N–H and O–H groups in total. The minimum atomic E-state index is -0.870. The van der Waals surface area contributed by atoms with E-state index in [2.05, 4.69) is 9.47 Å². The summed E-state index contributed by atoms with van der Waals surface area (Å²) in [4.78, 5) is 34.1. The number of carbonyl (C=O) groups is 2. The number of benzene rings is 2. The van der Waals surface area contributed by atoms with Crippen LogP contribution in [-0.4, -0.2) is 77.6 Å². The van der Waals surface area contributed by atoms with Crippen LogP contribution in [0.1, 0.15) is 36.2 Å². The Labute approximate surface area is 216 Å². The van der Waals surface area contributed by atoms with Crippen LogP contribution in [0.3, 0.4) is 0 Å². The number of aryl methyl sites for hydroxylation is 1. The van der Waals surface area contributed by atoms with Crippen LogP contribution in [0.25, 0.3) is 11.0 Å². The van der Waals surface area contributed by atoms with Crippen molar-refractivity contribution in [3.8, 4) is 0 Å². The van der Waals surface area contributed by atoms with E-state index in [-0.39, 0.29) is 18.6 Å². The van der Waals surface area contributed by atoms with Crippen molar-refractivity contribution in [2.75, 3.05) is 44.9 Å². The molecule has 37 heavy (non-hydrogen) atoms. The summed E-state index contributed by atoms with van der Waals surface area (Å²) in [6.45, 7) is 6.75. The molecule has 9 nitrogen and oxygen atoms in total. The SMILES string of the molecule is COC(=O)N1c2ccc3c(nc(C[C@H](C(=O)O)c4ccccc4)n3CCN3CCOCC3)c2CC[C@@H]1C. The van der Waals surface area contributed by atoms with Crippen molar-refractivity contribution in [2.45, 2.75) is 44.7 Å². The Hall–Kier alpha value is -3.43. The second-order valence-corrected chi connectivity index (χ2v) is 9.80. The molecule has 0 unspecified atom stereocenters. The van der Waals surface area contributed by atoms with Crippen molar-refractivity contribution in [1.29, 1.82) is 0 Å². The zero-order chi connectivity index (χ0) is 25.9. The summed E-state index contributed by atoms with van der Waals surface area (Å²) < 4.78 is 12.7. The molecule has 2 aliphatic rings. The standard InChI is InChI=1S/C28H34N4O5/c1-19-8-9-21-23(32(19)28(35)36-2)10-11-24-26(21)29-25(31(24)13-12-30-14-16-37-17-15-30)18-22(27(33)34)20-6-4-3-5-7-20/h3-7,10-11,19,22H,8-9,12-18H2,1-2H3,(H,33,34)/t19-,22-/m0/s1. The molecule has 2 aliphatic heterocycles. The summed E-state index contributed by atoms with van der Waals surface area (Å²) in [5, 5.41) is 10.1. The van der Waals surface area contributed by atoms with Crippen molar-refractivity contribution in [1.82, 2.24) is 14.5 Å². The van der Waals surface area contributed by atoms with Crippen molar-refractivity contribution >= 4 is 28.8 Å². The number of carboxylic acids is 1. The Kier molecular flexibility index (Phi) is 7.43. The Balaban J connectivity index is 1.57. The molecular formula is C28H34N4O5. The zero-order valence-corrected chi connectivity index (χ0v) is 21.4. The monoisotopic (exact) mass is 506 g/mol. The number of hydrogen-bond donors (Lipinski definition) is 1. The smallest absolute Gasteiger partial charge is 0.414 e. The van der Waals surface area contributed by atoms with E-state index in [1.54, 1.807) is 4.90 Å². The third-order valence-electron chi connectivity index (χ3n) is 7.59. The van der Waals surface area contributed by atoms with Gasteiger partial charge in [-0.1, -0.05) is 30.3 Å². The highest BCUT2D eigenvalue weighted by Crippen LogP contribution is 2.37. The highest BCUT2D eigenvalue weighted by molar-refractivity contribution is 5.95. The van der Waals surface area contributed by atoms with Crippen molar-refractivity contribution < 1.29 is 24.2 Å². The van der Waals surface area contributed by atoms with Crippen LogP contribution in [-0.2, 0) is 33.7 Å². The number of rotatable bonds is 7. The zero-order valence-electron chi connectivity index (χ0n) is 21.4. The van der Waals surface area contributed by atoms with Gasteiger partial charge in [0, 0.05) is 44.2 Å². The lowest BCUT2D eigenvalue weighted by Gasteiger charge is -2.34. The number of morpholine rings is 1. The summed E-state index contributed by atoms with van der Waals surface area (Å²) in [5.74, 6) is -0.829. The molecule has 0 radical (unpaired) electrons. The molecule has 1 saturated heterocycles. The number of carboxylic acid groups (broad SMARTS) is 1. The molecule has 196 valence electrons. The maximum atomic E-state index is 12.6. The molecular weight excluding hydrogens is 472 g/mol. The van der Waals surface area contributed by atoms with Crippen LogP contribution in [0.4, 0.5) is 10.5 Å². The minimum absolute atomic E-state index is 0.0229. The number of amides is 1. The van der Waals surface area contributed by atoms with Gasteiger partial charge in [-0.3, -0.25) is 14.6 Å². The number of hydrogen-bond acceptors (Lipinski definition) is 6. The molecule has 3 heterocycles. The van der Waals surface area contributed by atoms with Crippen LogP contribution in [0.5, 0.6) is 0 Å². The quantitative estimate of drug-likeness (QED) is 0.522. The highest BCUT2D eigenvalue weighted by Gasteiger charge is 2.32. The number of fused-ring (bicyclic) bond motifs is 3. The first-order valence-corrected chi connectivity index (χ1v) is 12.9. The van der Waals surface area contributed by atoms with Gasteiger partial charge in [0.2, 0.25) is 0 Å². The molecule has 3 aromatic rings. The van der Waals surface area contributed by atoms with Crippen molar-refractivity contribution in [3.63, 3.8) is 0 Å². The largest absolute Gasteiger partial charge is 0.481 e. The van der Waals surface area contributed by atoms with Crippen molar-refractivity contribution in [2.24, 2.45) is 0 Å². The second kappa shape index (κ2) is 10.9. The van der Waals surface area contributed by atoms with Crippen LogP contribution in [0.2, 0.25) is 0 Å². The Morgan fingerprint density at radius 2 is 1.89 bits per heavy atom. The van der Waals surface area contributed by atoms with Gasteiger partial charge in [-0.25, -0.2) is 9.78 Å². The first kappa shape index (κ1) is 25.2. The van der Waals surface area contributed by atoms with E-state index in [0.29, 0.717) is 6.54 Å². The molecule has 5 rings (SSSR count). The molecule has 0 spiro atoms. The van der Waals surface area contributed by atoms with E-state index in [1.165, 1.54) is 7.11 Å². The predicted octanol–water partition coefficient (Wildman–Crippen LogP) is 3.69. The van der Waals surface area contributed by atoms with Gasteiger partial charge < -0.3 is 19.1 Å². The topological polar surface area (TPSA) is 97.1 Å². The molecule has 0 saturated carbocycles. The fourth-order valence-electron chi connectivity index (χ4n) is 5.54. The van der Waals surface area contributed by atoms with Crippen LogP contribution >= 0.6 is 0 Å². The molecule has 1 amide bonds. The van der Waals surface area contributed by atoms with Crippen LogP contribution in [0.15, 0.2) is 42.5 Å². The average molecular weight is 507 g/mol. The highest BCUT2D eigenvalue weighted by atomic mass is 16.5. The van der Waals surface area contributed by atoms with E-state index < -0.39 is 11.9 Å². The number of nitrogens with zero attached hydrogens (tertiary/aromatic N) is 4. The fraction of sp³-hybridized carbons (Fsp3) is 0.464. The summed E-state index contributed by atoms with van der Waals surface area (Å²) in [6.07, 6.45) is 1.50. The van der Waals surface area contributed by atoms with E-state index in [4.69, 9.17) is 14.5 Å². The van der Waals surface area contributed by atoms with Gasteiger partial charge in [0.05, 0.1) is 43.0 Å². The summed E-state index contributed by atoms with van der Waals surface area (Å²) in [5.41, 5.74) is 4.40. The number of aliphatic carboxylic acids is 1. The van der Waals surface area contributed by atoms with Gasteiger partial charge in [0.1, 0.15) is 5.82 Å². The summed E-state index contributed by atoms with van der Waals surface area (Å²) >= 11 is 0. The Morgan fingerprint density at radius 3 is 2.59 bits per heavy atom. The summed E-state index contributed by atoms with van der Waals surface area (Å²) in [6, 6.07) is 13.4. The number of aromatic nitrogens is 2. The number of ether oxygens (including phenoxy) is 2. The molecule has 2 aromatic carbocycles. The van der Waals surface area contributed by atoms with Crippen LogP contribution < -0.4 is 4.90 Å². The van der Waals surface area contributed by atoms with E-state index in [9.17, 15) is 14.7 Å². The van der Waals surface area contributed by atoms with E-state index >= 15 is 0 Å². The average Bonchev–Trinajstić information content (AvgIpc) is 3.28. The predicted molar refractivity (Wildman–Crippen MR) is 140 cm³/mol. The number of imidazole rings is 1. The molecule has 1 aromatic heterocycles. The molecule has 2 atom stereocenters. The number of anilines is 1. The lowest BCUT2D eigenvalue weighted by molar-refractivity contribution is -0.138. The summed E-state index contributed by atoms with van der Waals surface area (Å²) in [7, 11) is 1.40. The number of carbonyl (C=O) groups excluding carboxylic acids is 1. The molecule has 1 fully saturated rings. The van der Waals surface area contributed by atoms with E-state index in [1.807, 2.05) is 49.4 Å². The lowest BCUT2D eigenvalue weighted by Crippen LogP contribution is -2.42. The first-order chi connectivity index (χ1) is 18.0. The van der Waals surface area contributed by atoms with Gasteiger partial charge in [-0.2, -0.15) is 0 Å². The van der Waals surface area contributed by atoms with Gasteiger partial charge in [0.25, 0.3) is 0 Å². The second-order valence-electron chi connectivity index (χ2n) is 9.80. The minimum Gasteiger partial charge on any atom is -0.481 e. The fourth-order valence-corrected chi connectivity index (χ4v) is 5.54. The maximum absolute atomic E-state index is 12.6. The van der Waals surface area contributed by atoms with Gasteiger partial charge >= 0.3 is 12.1 Å². The van der Waals surface area contributed by atoms with Crippen LogP contribution in [0, 0.1) is 0 Å². The molecule has 9 heteroatoms. The Bertz CT molecular complexity index is 1270. The van der Waals surface area contributed by atoms with Gasteiger partial charge in [-0.05, 0) is 37.5 Å². The van der Waals surface area contributed by atoms with E-state index in [0.717, 1.165) is 79.4 Å². The Morgan fingerprint density at radius 1 is 1.14 bits per heavy atom. The third-order valence-corrected chi connectivity index (χ3v) is 7.59. The third kappa shape index (κ3) is 5.06. The molecule has 0 bridgehead atoms. The van der Waals surface area contributed by atoms with Crippen molar-refractivity contribution in [3.05, 3.63) is 59.4 Å². The normalized spacial score (nSPS) is 19.0. The lowest BCUT2D eigenvalue weighted by atomic mass is 9.95. The molecule has 0 aliphatic carbocycles. The van der Waals surface area contributed by atoms with Gasteiger partial charge in [-0.15, -0.1) is 0 Å².